The van der Waals surface area contributed by atoms with Crippen LogP contribution in [0, 0.1) is 5.92 Å². The van der Waals surface area contributed by atoms with Crippen molar-refractivity contribution in [1.82, 2.24) is 0 Å². The molecule has 12 heteroatoms. The molecule has 3 aliphatic carbocycles. The lowest BCUT2D eigenvalue weighted by atomic mass is 9.71. The molecule has 4 aliphatic rings. The maximum absolute atomic E-state index is 13.8. The van der Waals surface area contributed by atoms with E-state index in [1.807, 2.05) is 0 Å². The average molecular weight is 612 g/mol. The van der Waals surface area contributed by atoms with E-state index < -0.39 is 95.2 Å². The van der Waals surface area contributed by atoms with Crippen molar-refractivity contribution in [3.8, 4) is 17.2 Å². The third-order valence-electron chi connectivity index (χ3n) is 10.1. The predicted molar refractivity (Wildman–Crippen MR) is 153 cm³/mol. The molecular formula is C32H37NO11. The first kappa shape index (κ1) is 30.6. The van der Waals surface area contributed by atoms with Crippen molar-refractivity contribution < 1.29 is 54.1 Å². The second-order valence-electron chi connectivity index (χ2n) is 12.5. The molecule has 2 fully saturated rings. The highest BCUT2D eigenvalue weighted by atomic mass is 16.7. The molecule has 0 bridgehead atoms. The van der Waals surface area contributed by atoms with Gasteiger partial charge in [0.15, 0.2) is 17.9 Å². The molecule has 1 heterocycles. The minimum absolute atomic E-state index is 0.00430. The number of carbonyl (C=O) groups is 3. The second kappa shape index (κ2) is 10.9. The van der Waals surface area contributed by atoms with E-state index in [1.165, 1.54) is 25.3 Å². The smallest absolute Gasteiger partial charge is 0.202 e. The predicted octanol–water partition coefficient (Wildman–Crippen LogP) is 1.56. The van der Waals surface area contributed by atoms with Crippen molar-refractivity contribution >= 4 is 17.3 Å². The van der Waals surface area contributed by atoms with E-state index in [4.69, 9.17) is 19.9 Å². The van der Waals surface area contributed by atoms with E-state index in [-0.39, 0.29) is 40.3 Å². The third-order valence-corrected chi connectivity index (χ3v) is 10.1. The lowest BCUT2D eigenvalue weighted by Crippen LogP contribution is -2.65. The first-order chi connectivity index (χ1) is 20.9. The number of aromatic hydroxyl groups is 2. The summed E-state index contributed by atoms with van der Waals surface area (Å²) in [7, 11) is 1.33. The van der Waals surface area contributed by atoms with Crippen LogP contribution in [0.2, 0.25) is 0 Å². The van der Waals surface area contributed by atoms with Crippen molar-refractivity contribution in [2.45, 2.75) is 87.6 Å². The number of rotatable bonds is 6. The van der Waals surface area contributed by atoms with E-state index in [2.05, 4.69) is 0 Å². The Morgan fingerprint density at radius 2 is 1.75 bits per heavy atom. The van der Waals surface area contributed by atoms with Crippen LogP contribution in [-0.4, -0.2) is 86.2 Å². The Labute approximate surface area is 253 Å². The summed E-state index contributed by atoms with van der Waals surface area (Å²) < 4.78 is 17.6. The number of phenolic OH excluding ortho intramolecular Hbond substituents is 2. The monoisotopic (exact) mass is 611 g/mol. The van der Waals surface area contributed by atoms with Crippen molar-refractivity contribution in [1.29, 1.82) is 0 Å². The van der Waals surface area contributed by atoms with Crippen LogP contribution in [0.15, 0.2) is 18.2 Å². The van der Waals surface area contributed by atoms with Gasteiger partial charge in [0.1, 0.15) is 29.5 Å². The van der Waals surface area contributed by atoms with Crippen LogP contribution in [-0.2, 0) is 20.7 Å². The summed E-state index contributed by atoms with van der Waals surface area (Å²) in [6.45, 7) is 0.642. The van der Waals surface area contributed by atoms with Gasteiger partial charge in [0.05, 0.1) is 47.7 Å². The van der Waals surface area contributed by atoms with Gasteiger partial charge in [0, 0.05) is 36.0 Å². The number of fused-ring (bicyclic) bond motifs is 3. The standard InChI is InChI=1S/C32H37NO11/c1-14-30(40)32(33,15-6-3-4-7-15)12-21(43-14)44-19-11-31(41,20(35)13-34)10-17-23(19)29(39)25-24(27(17)37)26(36)16-8-5-9-18(42-2)22(16)28(25)38/h5,8-9,14-15,19,21,30,34,37,39-41H,3-4,6-7,10-13,33H2,1-2H3/t14-,19-,21?,30+,31-,32+/m0/s1. The molecule has 2 aromatic carbocycles. The Kier molecular flexibility index (Phi) is 7.59. The number of methoxy groups -OCH3 is 1. The van der Waals surface area contributed by atoms with Gasteiger partial charge < -0.3 is 45.5 Å². The molecule has 0 aromatic heterocycles. The summed E-state index contributed by atoms with van der Waals surface area (Å²) in [5.74, 6) is -3.71. The number of ether oxygens (including phenoxy) is 3. The number of aliphatic hydroxyl groups is 3. The Bertz CT molecular complexity index is 1550. The quantitative estimate of drug-likeness (QED) is 0.220. The molecule has 2 aromatic rings. The molecule has 1 unspecified atom stereocenters. The Morgan fingerprint density at radius 3 is 2.41 bits per heavy atom. The molecule has 1 saturated heterocycles. The number of benzene rings is 2. The fraction of sp³-hybridized carbons (Fsp3) is 0.531. The van der Waals surface area contributed by atoms with E-state index in [0.29, 0.717) is 0 Å². The highest BCUT2D eigenvalue weighted by Gasteiger charge is 2.53. The summed E-state index contributed by atoms with van der Waals surface area (Å²) in [4.78, 5) is 40.3. The minimum atomic E-state index is -2.25. The van der Waals surface area contributed by atoms with Crippen molar-refractivity contribution in [2.75, 3.05) is 13.7 Å². The third kappa shape index (κ3) is 4.46. The molecule has 6 rings (SSSR count). The van der Waals surface area contributed by atoms with E-state index in [1.54, 1.807) is 6.92 Å². The van der Waals surface area contributed by atoms with E-state index in [9.17, 15) is 39.9 Å². The van der Waals surface area contributed by atoms with Crippen LogP contribution < -0.4 is 10.5 Å². The van der Waals surface area contributed by atoms with E-state index >= 15 is 0 Å². The van der Waals surface area contributed by atoms with E-state index in [0.717, 1.165) is 25.7 Å². The van der Waals surface area contributed by atoms with Crippen molar-refractivity contribution in [3.05, 3.63) is 51.6 Å². The number of carbonyl (C=O) groups excluding carboxylic acids is 3. The molecule has 12 nitrogen and oxygen atoms in total. The van der Waals surface area contributed by atoms with Crippen LogP contribution in [0.25, 0.3) is 0 Å². The zero-order chi connectivity index (χ0) is 31.7. The maximum atomic E-state index is 13.8. The number of phenols is 2. The molecule has 1 saturated carbocycles. The first-order valence-electron chi connectivity index (χ1n) is 14.9. The summed E-state index contributed by atoms with van der Waals surface area (Å²) >= 11 is 0. The molecule has 1 aliphatic heterocycles. The Hall–Kier alpha value is -3.39. The van der Waals surface area contributed by atoms with Crippen LogP contribution in [0.4, 0.5) is 0 Å². The van der Waals surface area contributed by atoms with Crippen LogP contribution in [0.3, 0.4) is 0 Å². The number of aliphatic hydroxyl groups excluding tert-OH is 2. The van der Waals surface area contributed by atoms with Gasteiger partial charge in [-0.2, -0.15) is 0 Å². The van der Waals surface area contributed by atoms with Gasteiger partial charge in [-0.15, -0.1) is 0 Å². The molecule has 236 valence electrons. The SMILES string of the molecule is COc1cccc2c1C(=O)c1c(O)c3c(c(O)c1C2=O)C[C@@](O)(C(=O)CO)C[C@@H]3OC1C[C@@](N)(C2CCCC2)[C@H](O)[C@H](C)O1. The molecule has 44 heavy (non-hydrogen) atoms. The van der Waals surface area contributed by atoms with Gasteiger partial charge in [-0.3, -0.25) is 14.4 Å². The van der Waals surface area contributed by atoms with Gasteiger partial charge in [-0.1, -0.05) is 25.0 Å². The highest BCUT2D eigenvalue weighted by molar-refractivity contribution is 6.31. The summed E-state index contributed by atoms with van der Waals surface area (Å²) in [5.41, 5.74) is 2.20. The second-order valence-corrected chi connectivity index (χ2v) is 12.5. The largest absolute Gasteiger partial charge is 0.507 e. The zero-order valence-corrected chi connectivity index (χ0v) is 24.5. The lowest BCUT2D eigenvalue weighted by Gasteiger charge is -2.49. The number of ketones is 3. The Morgan fingerprint density at radius 1 is 1.07 bits per heavy atom. The average Bonchev–Trinajstić information content (AvgIpc) is 3.55. The number of nitrogens with two attached hydrogens (primary N) is 1. The minimum Gasteiger partial charge on any atom is -0.507 e. The summed E-state index contributed by atoms with van der Waals surface area (Å²) in [6, 6.07) is 4.40. The summed E-state index contributed by atoms with van der Waals surface area (Å²) in [6.07, 6.45) is -1.52. The normalized spacial score (nSPS) is 31.8. The fourth-order valence-corrected chi connectivity index (χ4v) is 7.74. The molecule has 0 radical (unpaired) electrons. The summed E-state index contributed by atoms with van der Waals surface area (Å²) in [5, 5.41) is 55.4. The topological polar surface area (TPSA) is 206 Å². The fourth-order valence-electron chi connectivity index (χ4n) is 7.74. The highest BCUT2D eigenvalue weighted by Crippen LogP contribution is 2.53. The number of hydrogen-bond donors (Lipinski definition) is 6. The van der Waals surface area contributed by atoms with Crippen LogP contribution >= 0.6 is 0 Å². The molecular weight excluding hydrogens is 574 g/mol. The molecule has 0 amide bonds. The first-order valence-corrected chi connectivity index (χ1v) is 14.9. The maximum Gasteiger partial charge on any atom is 0.202 e. The van der Waals surface area contributed by atoms with Crippen LogP contribution in [0.5, 0.6) is 17.2 Å². The van der Waals surface area contributed by atoms with Gasteiger partial charge in [-0.05, 0) is 31.7 Å². The number of Topliss-reactive ketones (excluding diaryl/α,β-unsaturated/α-hetero) is 1. The molecule has 7 N–H and O–H groups in total. The molecule has 0 spiro atoms. The van der Waals surface area contributed by atoms with Gasteiger partial charge in [0.2, 0.25) is 5.78 Å². The molecule has 6 atom stereocenters. The van der Waals surface area contributed by atoms with Gasteiger partial charge in [-0.25, -0.2) is 0 Å². The van der Waals surface area contributed by atoms with Gasteiger partial charge in [0.25, 0.3) is 0 Å². The van der Waals surface area contributed by atoms with Crippen LogP contribution in [0.1, 0.15) is 94.5 Å². The number of hydrogen-bond acceptors (Lipinski definition) is 12. The van der Waals surface area contributed by atoms with Crippen molar-refractivity contribution in [2.24, 2.45) is 11.7 Å². The van der Waals surface area contributed by atoms with Crippen molar-refractivity contribution in [3.63, 3.8) is 0 Å². The lowest BCUT2D eigenvalue weighted by molar-refractivity contribution is -0.266. The zero-order valence-electron chi connectivity index (χ0n) is 24.5. The van der Waals surface area contributed by atoms with Gasteiger partial charge >= 0.3 is 0 Å². The Balaban J connectivity index is 1.47.